The lowest BCUT2D eigenvalue weighted by Crippen LogP contribution is -1.98. The number of hydrogen-bond donors (Lipinski definition) is 0. The van der Waals surface area contributed by atoms with Crippen LogP contribution in [-0.4, -0.2) is 6.61 Å². The molecule has 0 amide bonds. The molecule has 0 aromatic heterocycles. The molecule has 65 valence electrons. The summed E-state index contributed by atoms with van der Waals surface area (Å²) in [6, 6.07) is 0. The number of hydrogen-bond acceptors (Lipinski definition) is 0. The largest absolute Gasteiger partial charge is 0.236 e. The Morgan fingerprint density at radius 3 is 2.55 bits per heavy atom. The molecule has 0 heterocycles. The van der Waals surface area contributed by atoms with E-state index >= 15 is 0 Å². The monoisotopic (exact) mass is 155 g/mol. The van der Waals surface area contributed by atoms with Crippen molar-refractivity contribution in [3.63, 3.8) is 0 Å². The van der Waals surface area contributed by atoms with Crippen molar-refractivity contribution in [2.45, 2.75) is 39.5 Å². The van der Waals surface area contributed by atoms with Gasteiger partial charge in [0.2, 0.25) is 0 Å². The fraction of sp³-hybridized carbons (Fsp3) is 0.800. The van der Waals surface area contributed by atoms with Crippen molar-refractivity contribution >= 4 is 0 Å². The van der Waals surface area contributed by atoms with E-state index in [0.717, 1.165) is 12.8 Å². The molecule has 0 aliphatic carbocycles. The van der Waals surface area contributed by atoms with Gasteiger partial charge in [0.05, 0.1) is 6.61 Å². The Bertz CT molecular complexity index is 93.0. The van der Waals surface area contributed by atoms with Crippen LogP contribution in [-0.2, 0) is 5.11 Å². The second kappa shape index (κ2) is 7.80. The van der Waals surface area contributed by atoms with E-state index in [1.54, 1.807) is 0 Å². The topological polar surface area (TPSA) is 19.9 Å². The summed E-state index contributed by atoms with van der Waals surface area (Å²) in [5.41, 5.74) is 0. The molecule has 0 rings (SSSR count). The Morgan fingerprint density at radius 2 is 2.09 bits per heavy atom. The zero-order chi connectivity index (χ0) is 8.53. The van der Waals surface area contributed by atoms with Gasteiger partial charge < -0.3 is 0 Å². The molecule has 0 aliphatic heterocycles. The third-order valence-electron chi connectivity index (χ3n) is 1.87. The van der Waals surface area contributed by atoms with E-state index in [4.69, 9.17) is 0 Å². The predicted molar refractivity (Wildman–Crippen MR) is 48.0 cm³/mol. The van der Waals surface area contributed by atoms with Crippen molar-refractivity contribution in [3.8, 4) is 0 Å². The molecule has 1 nitrogen and oxygen atoms in total. The van der Waals surface area contributed by atoms with Gasteiger partial charge in [0.1, 0.15) is 0 Å². The molecule has 0 fully saturated rings. The fourth-order valence-corrected chi connectivity index (χ4v) is 0.920. The molecule has 11 heavy (non-hydrogen) atoms. The predicted octanol–water partition coefficient (Wildman–Crippen LogP) is 3.19. The van der Waals surface area contributed by atoms with Gasteiger partial charge in [-0.05, 0) is 12.8 Å². The van der Waals surface area contributed by atoms with Gasteiger partial charge in [0.15, 0.2) is 0 Å². The van der Waals surface area contributed by atoms with Crippen molar-refractivity contribution in [2.24, 2.45) is 5.92 Å². The highest BCUT2D eigenvalue weighted by Crippen LogP contribution is 2.05. The van der Waals surface area contributed by atoms with Gasteiger partial charge in [-0.3, -0.25) is 0 Å². The van der Waals surface area contributed by atoms with E-state index < -0.39 is 0 Å². The Labute approximate surface area is 70.1 Å². The first kappa shape index (κ1) is 10.7. The molecule has 0 saturated carbocycles. The summed E-state index contributed by atoms with van der Waals surface area (Å²) in [5, 5.41) is 10.5. The van der Waals surface area contributed by atoms with E-state index in [9.17, 15) is 5.11 Å². The van der Waals surface area contributed by atoms with Crippen LogP contribution in [0.2, 0.25) is 0 Å². The first-order valence-electron chi connectivity index (χ1n) is 4.59. The van der Waals surface area contributed by atoms with Crippen LogP contribution < -0.4 is 0 Å². The maximum absolute atomic E-state index is 10.5. The summed E-state index contributed by atoms with van der Waals surface area (Å²) in [5.74, 6) is 0.270. The van der Waals surface area contributed by atoms with Crippen LogP contribution in [0.4, 0.5) is 0 Å². The quantitative estimate of drug-likeness (QED) is 0.414. The fourth-order valence-electron chi connectivity index (χ4n) is 0.920. The van der Waals surface area contributed by atoms with Crippen molar-refractivity contribution in [3.05, 3.63) is 12.2 Å². The van der Waals surface area contributed by atoms with Gasteiger partial charge in [-0.25, -0.2) is 5.11 Å². The molecular formula is C10H19O. The summed E-state index contributed by atoms with van der Waals surface area (Å²) in [6.07, 6.45) is 8.81. The van der Waals surface area contributed by atoms with E-state index in [0.29, 0.717) is 0 Å². The standard InChI is InChI=1S/C10H19O/c1-3-5-6-7-8-10(4-2)9-11/h7-8,10H,3-6,9H2,1-2H3. The van der Waals surface area contributed by atoms with Crippen LogP contribution in [0.5, 0.6) is 0 Å². The molecule has 1 radical (unpaired) electrons. The van der Waals surface area contributed by atoms with Crippen LogP contribution in [0, 0.1) is 5.92 Å². The third kappa shape index (κ3) is 6.11. The molecule has 0 spiro atoms. The van der Waals surface area contributed by atoms with Crippen LogP contribution >= 0.6 is 0 Å². The lowest BCUT2D eigenvalue weighted by Gasteiger charge is -2.01. The molecule has 0 aromatic rings. The Hall–Kier alpha value is -0.300. The summed E-state index contributed by atoms with van der Waals surface area (Å²) in [4.78, 5) is 0. The van der Waals surface area contributed by atoms with E-state index in [1.807, 2.05) is 0 Å². The highest BCUT2D eigenvalue weighted by molar-refractivity contribution is 4.87. The second-order valence-electron chi connectivity index (χ2n) is 2.91. The lowest BCUT2D eigenvalue weighted by molar-refractivity contribution is 0.160. The zero-order valence-corrected chi connectivity index (χ0v) is 7.68. The normalized spacial score (nSPS) is 14.1. The average molecular weight is 155 g/mol. The Kier molecular flexibility index (Phi) is 7.59. The van der Waals surface area contributed by atoms with Gasteiger partial charge >= 0.3 is 0 Å². The number of allylic oxidation sites excluding steroid dienone is 1. The maximum atomic E-state index is 10.5. The van der Waals surface area contributed by atoms with Crippen LogP contribution in [0.3, 0.4) is 0 Å². The van der Waals surface area contributed by atoms with Crippen molar-refractivity contribution in [1.29, 1.82) is 0 Å². The van der Waals surface area contributed by atoms with Gasteiger partial charge in [0, 0.05) is 5.92 Å². The molecule has 0 aliphatic rings. The molecule has 1 heteroatoms. The van der Waals surface area contributed by atoms with Crippen molar-refractivity contribution in [1.82, 2.24) is 0 Å². The minimum atomic E-state index is 0.0408. The van der Waals surface area contributed by atoms with E-state index in [-0.39, 0.29) is 12.5 Å². The zero-order valence-electron chi connectivity index (χ0n) is 7.68. The SMILES string of the molecule is CCCCC=CC(CC)C[O]. The van der Waals surface area contributed by atoms with E-state index in [1.165, 1.54) is 12.8 Å². The highest BCUT2D eigenvalue weighted by atomic mass is 16.3. The van der Waals surface area contributed by atoms with Crippen molar-refractivity contribution < 1.29 is 5.11 Å². The minimum absolute atomic E-state index is 0.0408. The molecular weight excluding hydrogens is 136 g/mol. The lowest BCUT2D eigenvalue weighted by atomic mass is 10.1. The Balaban J connectivity index is 3.36. The van der Waals surface area contributed by atoms with Gasteiger partial charge in [-0.2, -0.15) is 0 Å². The molecule has 1 unspecified atom stereocenters. The third-order valence-corrected chi connectivity index (χ3v) is 1.87. The van der Waals surface area contributed by atoms with Crippen LogP contribution in [0.25, 0.3) is 0 Å². The molecule has 0 saturated heterocycles. The molecule has 0 aromatic carbocycles. The van der Waals surface area contributed by atoms with Gasteiger partial charge in [-0.15, -0.1) is 0 Å². The molecule has 1 atom stereocenters. The first-order chi connectivity index (χ1) is 5.35. The van der Waals surface area contributed by atoms with Gasteiger partial charge in [-0.1, -0.05) is 38.8 Å². The van der Waals surface area contributed by atoms with Crippen molar-refractivity contribution in [2.75, 3.05) is 6.61 Å². The maximum Gasteiger partial charge on any atom is 0.0884 e. The van der Waals surface area contributed by atoms with Crippen LogP contribution in [0.1, 0.15) is 39.5 Å². The van der Waals surface area contributed by atoms with E-state index in [2.05, 4.69) is 26.0 Å². The Morgan fingerprint density at radius 1 is 1.36 bits per heavy atom. The van der Waals surface area contributed by atoms with Crippen LogP contribution in [0.15, 0.2) is 12.2 Å². The van der Waals surface area contributed by atoms with Gasteiger partial charge in [0.25, 0.3) is 0 Å². The number of unbranched alkanes of at least 4 members (excludes halogenated alkanes) is 2. The highest BCUT2D eigenvalue weighted by Gasteiger charge is 1.97. The summed E-state index contributed by atoms with van der Waals surface area (Å²) in [7, 11) is 0. The summed E-state index contributed by atoms with van der Waals surface area (Å²) < 4.78 is 0. The summed E-state index contributed by atoms with van der Waals surface area (Å²) in [6.45, 7) is 4.28. The molecule has 0 N–H and O–H groups in total. The smallest absolute Gasteiger partial charge is 0.0884 e. The second-order valence-corrected chi connectivity index (χ2v) is 2.91. The molecule has 0 bridgehead atoms. The first-order valence-corrected chi connectivity index (χ1v) is 4.59. The number of rotatable bonds is 6. The summed E-state index contributed by atoms with van der Waals surface area (Å²) >= 11 is 0. The minimum Gasteiger partial charge on any atom is -0.236 e. The average Bonchev–Trinajstić information content (AvgIpc) is 2.05.